The summed E-state index contributed by atoms with van der Waals surface area (Å²) in [4.78, 5) is 22.5. The van der Waals surface area contributed by atoms with Crippen LogP contribution in [-0.2, 0) is 21.6 Å². The first kappa shape index (κ1) is 30.2. The van der Waals surface area contributed by atoms with E-state index in [1.54, 1.807) is 6.07 Å². The molecule has 0 bridgehead atoms. The molecule has 0 atom stereocenters. The van der Waals surface area contributed by atoms with Crippen LogP contribution in [0.5, 0.6) is 0 Å². The number of carbonyl (C=O) groups excluding carboxylic acids is 2. The van der Waals surface area contributed by atoms with Crippen molar-refractivity contribution in [1.82, 2.24) is 9.78 Å². The predicted octanol–water partition coefficient (Wildman–Crippen LogP) is 7.39. The van der Waals surface area contributed by atoms with E-state index in [1.165, 1.54) is 0 Å². The number of rotatable bonds is 7. The third-order valence-corrected chi connectivity index (χ3v) is 7.69. The Kier molecular flexibility index (Phi) is 6.73. The number of aromatic nitrogens is 2. The van der Waals surface area contributed by atoms with E-state index in [2.05, 4.69) is 10.4 Å². The zero-order chi connectivity index (χ0) is 30.8. The van der Waals surface area contributed by atoms with Crippen molar-refractivity contribution < 1.29 is 46.9 Å². The van der Waals surface area contributed by atoms with Gasteiger partial charge in [-0.3, -0.25) is 10.1 Å². The molecule has 1 aliphatic rings. The van der Waals surface area contributed by atoms with Crippen LogP contribution in [0.1, 0.15) is 29.7 Å². The molecule has 2 amide bonds. The third-order valence-electron chi connectivity index (χ3n) is 5.99. The van der Waals surface area contributed by atoms with Gasteiger partial charge in [0.2, 0.25) is 5.91 Å². The lowest BCUT2D eigenvalue weighted by atomic mass is 9.94. The van der Waals surface area contributed by atoms with E-state index >= 15 is 0 Å². The van der Waals surface area contributed by atoms with E-state index in [4.69, 9.17) is 33.7 Å². The summed E-state index contributed by atoms with van der Waals surface area (Å²) in [5, 5.41) is 13.4. The molecule has 0 radical (unpaired) electrons. The van der Waals surface area contributed by atoms with Crippen LogP contribution in [0.4, 0.5) is 43.2 Å². The molecular weight excluding hydrogens is 637 g/mol. The van der Waals surface area contributed by atoms with Crippen molar-refractivity contribution in [1.29, 1.82) is 5.26 Å². The van der Waals surface area contributed by atoms with Gasteiger partial charge in [0.05, 0.1) is 15.5 Å². The molecule has 1 saturated carbocycles. The number of benzene rings is 2. The van der Waals surface area contributed by atoms with E-state index in [0.29, 0.717) is 10.7 Å². The molecular formula is C22H13Cl2F8N5O3S. The number of carbonyl (C=O) groups is 2. The summed E-state index contributed by atoms with van der Waals surface area (Å²) in [7, 11) is -10.3. The van der Waals surface area contributed by atoms with Crippen LogP contribution >= 0.6 is 33.4 Å². The Bertz CT molecular complexity index is 1670. The van der Waals surface area contributed by atoms with Crippen LogP contribution in [0.25, 0.3) is 5.69 Å². The summed E-state index contributed by atoms with van der Waals surface area (Å²) in [5.74, 6) is -5.95. The highest BCUT2D eigenvalue weighted by Gasteiger charge is 2.65. The number of nitrogens with one attached hydrogen (secondary N) is 1. The molecule has 19 heteroatoms. The van der Waals surface area contributed by atoms with Gasteiger partial charge < -0.3 is 10.5 Å². The van der Waals surface area contributed by atoms with Gasteiger partial charge in [-0.25, -0.2) is 22.6 Å². The SMILES string of the molecule is N#Cc1nn(-c2c(Cl)cc(S(F)(F)(F)(F)F)cc2Cl)c(NC(=O)OCc2cc(F)cc(F)c2F)c1C1(C(N)=O)CC1. The van der Waals surface area contributed by atoms with Gasteiger partial charge in [-0.05, 0) is 31.0 Å². The molecule has 41 heavy (non-hydrogen) atoms. The van der Waals surface area contributed by atoms with Crippen molar-refractivity contribution in [3.05, 3.63) is 68.6 Å². The first-order valence-corrected chi connectivity index (χ1v) is 13.5. The molecule has 2 aromatic carbocycles. The Balaban J connectivity index is 1.84. The molecule has 0 spiro atoms. The van der Waals surface area contributed by atoms with Gasteiger partial charge in [-0.15, -0.1) is 0 Å². The summed E-state index contributed by atoms with van der Waals surface area (Å²) < 4.78 is 113. The lowest BCUT2D eigenvalue weighted by Gasteiger charge is -2.40. The summed E-state index contributed by atoms with van der Waals surface area (Å²) in [6.45, 7) is -1.04. The minimum absolute atomic E-state index is 0.0326. The second-order valence-corrected chi connectivity index (χ2v) is 12.0. The molecule has 1 aromatic heterocycles. The number of nitrogens with two attached hydrogens (primary N) is 1. The van der Waals surface area contributed by atoms with Gasteiger partial charge in [-0.2, -0.15) is 10.4 Å². The molecule has 1 aliphatic carbocycles. The first-order chi connectivity index (χ1) is 18.7. The smallest absolute Gasteiger partial charge is 0.413 e. The zero-order valence-corrected chi connectivity index (χ0v) is 22.1. The molecule has 1 fully saturated rings. The molecule has 4 rings (SSSR count). The number of hydrogen-bond acceptors (Lipinski definition) is 5. The maximum Gasteiger partial charge on any atom is 0.413 e. The summed E-state index contributed by atoms with van der Waals surface area (Å²) >= 11 is 11.8. The van der Waals surface area contributed by atoms with Crippen LogP contribution in [0.15, 0.2) is 29.2 Å². The van der Waals surface area contributed by atoms with E-state index < -0.39 is 89.4 Å². The maximum absolute atomic E-state index is 14.0. The van der Waals surface area contributed by atoms with Crippen molar-refractivity contribution in [3.63, 3.8) is 0 Å². The number of hydrogen-bond donors (Lipinski definition) is 2. The number of primary amides is 1. The van der Waals surface area contributed by atoms with Crippen LogP contribution in [0.2, 0.25) is 10.0 Å². The van der Waals surface area contributed by atoms with Gasteiger partial charge in [0.15, 0.2) is 17.3 Å². The minimum atomic E-state index is -10.3. The van der Waals surface area contributed by atoms with Gasteiger partial charge >= 0.3 is 16.3 Å². The Morgan fingerprint density at radius 3 is 2.17 bits per heavy atom. The molecule has 1 heterocycles. The summed E-state index contributed by atoms with van der Waals surface area (Å²) in [6.07, 6.45) is -1.44. The molecule has 0 unspecified atom stereocenters. The van der Waals surface area contributed by atoms with Crippen LogP contribution in [-0.4, -0.2) is 21.8 Å². The van der Waals surface area contributed by atoms with E-state index in [0.717, 1.165) is 0 Å². The summed E-state index contributed by atoms with van der Waals surface area (Å²) in [6, 6.07) is 2.08. The predicted molar refractivity (Wildman–Crippen MR) is 130 cm³/mol. The van der Waals surface area contributed by atoms with Gasteiger partial charge in [0.25, 0.3) is 0 Å². The third kappa shape index (κ3) is 5.72. The van der Waals surface area contributed by atoms with Crippen LogP contribution in [0, 0.1) is 28.8 Å². The van der Waals surface area contributed by atoms with Crippen LogP contribution in [0.3, 0.4) is 0 Å². The average molecular weight is 650 g/mol. The number of nitriles is 1. The standard InChI is InChI=1S/C22H13Cl2F8N5O3S/c23-12-5-11(41(28,29,30,31)32)6-13(24)18(12)37-19(16(15(7-33)36-37)22(1-2-22)20(34)38)35-21(39)40-8-9-3-10(25)4-14(26)17(9)27/h3-6H,1-2,8H2,(H2,34,38)(H,35,39). The highest BCUT2D eigenvalue weighted by atomic mass is 35.5. The van der Waals surface area contributed by atoms with Gasteiger partial charge in [-0.1, -0.05) is 42.6 Å². The van der Waals surface area contributed by atoms with Crippen molar-refractivity contribution in [2.75, 3.05) is 5.32 Å². The molecule has 0 saturated heterocycles. The number of anilines is 1. The number of nitrogens with zero attached hydrogens (tertiary/aromatic N) is 3. The molecule has 3 N–H and O–H groups in total. The Hall–Kier alpha value is -3.75. The van der Waals surface area contributed by atoms with Crippen molar-refractivity contribution >= 4 is 51.2 Å². The average Bonchev–Trinajstić information content (AvgIpc) is 3.56. The monoisotopic (exact) mass is 649 g/mol. The fourth-order valence-corrected chi connectivity index (χ4v) is 5.39. The van der Waals surface area contributed by atoms with E-state index in [1.807, 2.05) is 0 Å². The summed E-state index contributed by atoms with van der Waals surface area (Å²) in [5.41, 5.74) is 1.50. The second kappa shape index (κ2) is 9.13. The van der Waals surface area contributed by atoms with E-state index in [-0.39, 0.29) is 36.6 Å². The number of ether oxygens (including phenoxy) is 1. The molecule has 0 aliphatic heterocycles. The fourth-order valence-electron chi connectivity index (χ4n) is 3.93. The second-order valence-electron chi connectivity index (χ2n) is 8.81. The van der Waals surface area contributed by atoms with Crippen molar-refractivity contribution in [2.45, 2.75) is 29.8 Å². The van der Waals surface area contributed by atoms with E-state index in [9.17, 15) is 47.5 Å². The van der Waals surface area contributed by atoms with Crippen molar-refractivity contribution in [2.24, 2.45) is 5.73 Å². The highest BCUT2D eigenvalue weighted by Crippen LogP contribution is 3.02. The first-order valence-electron chi connectivity index (χ1n) is 10.8. The largest absolute Gasteiger partial charge is 0.444 e. The number of halogens is 10. The Morgan fingerprint density at radius 2 is 1.68 bits per heavy atom. The lowest BCUT2D eigenvalue weighted by Crippen LogP contribution is -2.30. The van der Waals surface area contributed by atoms with Crippen LogP contribution < -0.4 is 11.1 Å². The minimum Gasteiger partial charge on any atom is -0.444 e. The fraction of sp³-hybridized carbons (Fsp3) is 0.182. The Morgan fingerprint density at radius 1 is 1.10 bits per heavy atom. The normalized spacial score (nSPS) is 15.8. The van der Waals surface area contributed by atoms with Gasteiger partial charge in [0.1, 0.15) is 34.9 Å². The molecule has 8 nitrogen and oxygen atoms in total. The maximum atomic E-state index is 14.0. The zero-order valence-electron chi connectivity index (χ0n) is 19.8. The molecule has 220 valence electrons. The van der Waals surface area contributed by atoms with Gasteiger partial charge in [0, 0.05) is 17.2 Å². The highest BCUT2D eigenvalue weighted by molar-refractivity contribution is 8.45. The molecule has 3 aromatic rings. The van der Waals surface area contributed by atoms with Crippen molar-refractivity contribution in [3.8, 4) is 11.8 Å². The lowest BCUT2D eigenvalue weighted by molar-refractivity contribution is -0.120. The quantitative estimate of drug-likeness (QED) is 0.204. The topological polar surface area (TPSA) is 123 Å². The Labute approximate surface area is 234 Å². The number of amides is 2.